The van der Waals surface area contributed by atoms with Crippen LogP contribution < -0.4 is 15.2 Å². The first-order valence-electron chi connectivity index (χ1n) is 15.8. The van der Waals surface area contributed by atoms with Crippen molar-refractivity contribution >= 4 is 55.8 Å². The topological polar surface area (TPSA) is 137 Å². The zero-order chi connectivity index (χ0) is 35.4. The van der Waals surface area contributed by atoms with E-state index in [1.54, 1.807) is 36.1 Å². The minimum atomic E-state index is -4.23. The highest BCUT2D eigenvalue weighted by atomic mass is 35.5. The minimum absolute atomic E-state index is 0.0410. The van der Waals surface area contributed by atoms with Gasteiger partial charge in [0.05, 0.1) is 44.8 Å². The second-order valence-corrected chi connectivity index (χ2v) is 13.8. The number of piperazine rings is 1. The molecule has 50 heavy (non-hydrogen) atoms. The number of rotatable bonds is 9. The normalized spacial score (nSPS) is 16.1. The predicted octanol–water partition coefficient (Wildman–Crippen LogP) is 6.14. The lowest BCUT2D eigenvalue weighted by Gasteiger charge is -2.37. The van der Waals surface area contributed by atoms with Crippen LogP contribution in [-0.2, 0) is 6.54 Å². The van der Waals surface area contributed by atoms with Crippen molar-refractivity contribution in [3.8, 4) is 22.9 Å². The second-order valence-electron chi connectivity index (χ2n) is 12.5. The molecular weight excluding hydrogens is 695 g/mol. The van der Waals surface area contributed by atoms with Gasteiger partial charge in [0, 0.05) is 60.5 Å². The fourth-order valence-electron chi connectivity index (χ4n) is 6.53. The Hall–Kier alpha value is -4.78. The maximum absolute atomic E-state index is 13.9. The molecule has 2 fully saturated rings. The number of alkyl halides is 3. The van der Waals surface area contributed by atoms with Gasteiger partial charge in [-0.25, -0.2) is 14.8 Å². The second kappa shape index (κ2) is 12.8. The highest BCUT2D eigenvalue weighted by Gasteiger charge is 2.63. The van der Waals surface area contributed by atoms with Crippen molar-refractivity contribution in [1.29, 1.82) is 5.26 Å². The Morgan fingerprint density at radius 1 is 1.16 bits per heavy atom. The van der Waals surface area contributed by atoms with Gasteiger partial charge < -0.3 is 14.7 Å². The monoisotopic (exact) mass is 723 g/mol. The van der Waals surface area contributed by atoms with Crippen LogP contribution in [-0.4, -0.2) is 81.0 Å². The van der Waals surface area contributed by atoms with Crippen molar-refractivity contribution < 1.29 is 27.8 Å². The maximum Gasteiger partial charge on any atom is 0.395 e. The minimum Gasteiger partial charge on any atom is -0.491 e. The van der Waals surface area contributed by atoms with Crippen LogP contribution in [0.4, 0.5) is 19.0 Å². The molecule has 1 N–H and O–H groups in total. The molecular formula is C34H29ClF3N7O4S. The molecule has 11 nitrogen and oxygen atoms in total. The lowest BCUT2D eigenvalue weighted by Crippen LogP contribution is -2.50. The molecule has 0 amide bonds. The molecule has 1 aliphatic carbocycles. The number of pyridine rings is 2. The van der Waals surface area contributed by atoms with E-state index in [1.165, 1.54) is 33.7 Å². The van der Waals surface area contributed by atoms with Crippen LogP contribution in [0.15, 0.2) is 46.8 Å². The van der Waals surface area contributed by atoms with Gasteiger partial charge in [-0.05, 0) is 44.0 Å². The van der Waals surface area contributed by atoms with Crippen molar-refractivity contribution in [3.05, 3.63) is 74.4 Å². The third kappa shape index (κ3) is 6.01. The first-order chi connectivity index (χ1) is 23.9. The molecule has 0 spiro atoms. The number of aromatic nitrogens is 4. The number of halogens is 4. The fourth-order valence-corrected chi connectivity index (χ4v) is 7.73. The zero-order valence-electron chi connectivity index (χ0n) is 26.6. The molecule has 4 aromatic heterocycles. The van der Waals surface area contributed by atoms with Gasteiger partial charge in [-0.3, -0.25) is 19.2 Å². The Morgan fingerprint density at radius 3 is 2.60 bits per heavy atom. The molecule has 1 saturated heterocycles. The van der Waals surface area contributed by atoms with Crippen LogP contribution in [0.3, 0.4) is 0 Å². The number of carbonyl (C=O) groups is 1. The molecule has 1 aliphatic heterocycles. The summed E-state index contributed by atoms with van der Waals surface area (Å²) in [6, 6.07) is 8.97. The number of thiophene rings is 1. The van der Waals surface area contributed by atoms with Crippen LogP contribution >= 0.6 is 22.9 Å². The van der Waals surface area contributed by atoms with E-state index in [0.717, 1.165) is 0 Å². The van der Waals surface area contributed by atoms with Gasteiger partial charge in [0.15, 0.2) is 0 Å². The lowest BCUT2D eigenvalue weighted by molar-refractivity contribution is -0.192. The molecule has 0 bridgehead atoms. The lowest BCUT2D eigenvalue weighted by atomic mass is 10.0. The molecule has 5 heterocycles. The third-order valence-corrected chi connectivity index (χ3v) is 10.7. The standard InChI is InChI=1S/C34H29ClF3N7O4S/c1-19-42-25-16-41-30(44-10-8-43(9-11-44)18-33(5-6-33)34(36,37)38)23(15-39)27(25)31(46)45(19)12-13-49-26-3-2-20(35)14-22(26)21-4-7-40-28-24(32(47)48)17-50-29(21)28/h2-4,7,14,16-17H,5-6,8-13,18H2,1H3,(H,47,48). The number of carboxylic acids is 1. The first kappa shape index (κ1) is 33.7. The summed E-state index contributed by atoms with van der Waals surface area (Å²) in [5, 5.41) is 21.9. The average molecular weight is 724 g/mol. The van der Waals surface area contributed by atoms with E-state index in [0.29, 0.717) is 69.9 Å². The summed E-state index contributed by atoms with van der Waals surface area (Å²) >= 11 is 7.61. The molecule has 0 unspecified atom stereocenters. The summed E-state index contributed by atoms with van der Waals surface area (Å²) in [6.07, 6.45) is -0.963. The van der Waals surface area contributed by atoms with Gasteiger partial charge in [0.25, 0.3) is 5.56 Å². The SMILES string of the molecule is Cc1nc2cnc(N3CCN(CC4(C(F)(F)F)CC4)CC3)c(C#N)c2c(=O)n1CCOc1ccc(Cl)cc1-c1ccnc2c(C(=O)O)csc12. The van der Waals surface area contributed by atoms with E-state index < -0.39 is 23.1 Å². The van der Waals surface area contributed by atoms with Crippen LogP contribution in [0.5, 0.6) is 5.75 Å². The molecule has 7 rings (SSSR count). The summed E-state index contributed by atoms with van der Waals surface area (Å²) in [7, 11) is 0. The first-order valence-corrected chi connectivity index (χ1v) is 17.0. The highest BCUT2D eigenvalue weighted by molar-refractivity contribution is 7.18. The predicted molar refractivity (Wildman–Crippen MR) is 182 cm³/mol. The fraction of sp³-hybridized carbons (Fsp3) is 0.353. The van der Waals surface area contributed by atoms with Gasteiger partial charge in [0.1, 0.15) is 35.6 Å². The van der Waals surface area contributed by atoms with Gasteiger partial charge >= 0.3 is 12.1 Å². The van der Waals surface area contributed by atoms with Gasteiger partial charge in [-0.15, -0.1) is 11.3 Å². The van der Waals surface area contributed by atoms with E-state index in [2.05, 4.69) is 21.0 Å². The number of aromatic carboxylic acids is 1. The molecule has 1 saturated carbocycles. The number of ether oxygens (including phenoxy) is 1. The Bertz CT molecular complexity index is 2260. The molecule has 2 aliphatic rings. The summed E-state index contributed by atoms with van der Waals surface area (Å²) in [5.41, 5.74) is 0.0343. The van der Waals surface area contributed by atoms with Crippen molar-refractivity contribution in [3.63, 3.8) is 0 Å². The van der Waals surface area contributed by atoms with E-state index in [1.807, 2.05) is 4.90 Å². The number of nitrogens with zero attached hydrogens (tertiary/aromatic N) is 7. The van der Waals surface area contributed by atoms with Crippen molar-refractivity contribution in [2.45, 2.75) is 32.5 Å². The highest BCUT2D eigenvalue weighted by Crippen LogP contribution is 2.58. The van der Waals surface area contributed by atoms with Gasteiger partial charge in [0.2, 0.25) is 0 Å². The smallest absolute Gasteiger partial charge is 0.395 e. The van der Waals surface area contributed by atoms with E-state index >= 15 is 0 Å². The summed E-state index contributed by atoms with van der Waals surface area (Å²) in [6.45, 7) is 3.24. The number of carboxylic acid groups (broad SMARTS) is 1. The number of benzene rings is 1. The summed E-state index contributed by atoms with van der Waals surface area (Å²) < 4.78 is 48.9. The molecule has 0 atom stereocenters. The molecule has 5 aromatic rings. The number of hydrogen-bond acceptors (Lipinski definition) is 10. The van der Waals surface area contributed by atoms with Crippen LogP contribution in [0.2, 0.25) is 5.02 Å². The number of hydrogen-bond donors (Lipinski definition) is 1. The molecule has 1 aromatic carbocycles. The third-order valence-electron chi connectivity index (χ3n) is 9.42. The Balaban J connectivity index is 1.12. The molecule has 16 heteroatoms. The van der Waals surface area contributed by atoms with Crippen LogP contribution in [0.25, 0.3) is 32.2 Å². The van der Waals surface area contributed by atoms with E-state index in [9.17, 15) is 33.1 Å². The number of nitriles is 1. The molecule has 0 radical (unpaired) electrons. The average Bonchev–Trinajstić information content (AvgIpc) is 3.75. The van der Waals surface area contributed by atoms with Crippen LogP contribution in [0, 0.1) is 23.7 Å². The van der Waals surface area contributed by atoms with Gasteiger partial charge in [-0.2, -0.15) is 18.4 Å². The van der Waals surface area contributed by atoms with E-state index in [4.69, 9.17) is 16.3 Å². The van der Waals surface area contributed by atoms with Crippen molar-refractivity contribution in [2.24, 2.45) is 5.41 Å². The zero-order valence-corrected chi connectivity index (χ0v) is 28.2. The maximum atomic E-state index is 13.9. The Morgan fingerprint density at radius 2 is 1.92 bits per heavy atom. The summed E-state index contributed by atoms with van der Waals surface area (Å²) in [4.78, 5) is 42.6. The van der Waals surface area contributed by atoms with Gasteiger partial charge in [-0.1, -0.05) is 11.6 Å². The number of aryl methyl sites for hydroxylation is 1. The Kier molecular flexibility index (Phi) is 8.65. The number of anilines is 1. The Labute approximate surface area is 292 Å². The largest absolute Gasteiger partial charge is 0.491 e. The number of fused-ring (bicyclic) bond motifs is 2. The molecule has 258 valence electrons. The summed E-state index contributed by atoms with van der Waals surface area (Å²) in [5.74, 6) is 0.0716. The van der Waals surface area contributed by atoms with Crippen molar-refractivity contribution in [1.82, 2.24) is 24.4 Å². The van der Waals surface area contributed by atoms with E-state index in [-0.39, 0.29) is 54.6 Å². The van der Waals surface area contributed by atoms with Crippen LogP contribution in [0.1, 0.15) is 34.6 Å². The quantitative estimate of drug-likeness (QED) is 0.189. The van der Waals surface area contributed by atoms with Crippen molar-refractivity contribution in [2.75, 3.05) is 44.2 Å².